The molecule has 0 aromatic heterocycles. The Morgan fingerprint density at radius 3 is 2.71 bits per heavy atom. The van der Waals surface area contributed by atoms with E-state index in [1.54, 1.807) is 7.11 Å². The van der Waals surface area contributed by atoms with Gasteiger partial charge in [0.15, 0.2) is 0 Å². The second-order valence-electron chi connectivity index (χ2n) is 3.28. The Labute approximate surface area is 84.9 Å². The zero-order valence-electron chi connectivity index (χ0n) is 8.73. The van der Waals surface area contributed by atoms with E-state index in [9.17, 15) is 0 Å². The number of hydrogen-bond acceptors (Lipinski definition) is 3. The van der Waals surface area contributed by atoms with Crippen LogP contribution in [0.4, 0.5) is 0 Å². The second kappa shape index (κ2) is 5.62. The second-order valence-corrected chi connectivity index (χ2v) is 3.28. The average Bonchev–Trinajstić information content (AvgIpc) is 2.26. The van der Waals surface area contributed by atoms with E-state index in [-0.39, 0.29) is 6.73 Å². The summed E-state index contributed by atoms with van der Waals surface area (Å²) >= 11 is 0. The van der Waals surface area contributed by atoms with E-state index >= 15 is 0 Å². The molecule has 3 heteroatoms. The maximum atomic E-state index is 8.83. The third-order valence-electron chi connectivity index (χ3n) is 2.20. The lowest BCUT2D eigenvalue weighted by Crippen LogP contribution is -2.22. The van der Waals surface area contributed by atoms with E-state index in [0.29, 0.717) is 0 Å². The van der Waals surface area contributed by atoms with Gasteiger partial charge in [-0.25, -0.2) is 0 Å². The van der Waals surface area contributed by atoms with Crippen LogP contribution in [0.15, 0.2) is 24.3 Å². The molecule has 0 atom stereocenters. The molecule has 0 fully saturated rings. The fraction of sp³-hybridized carbons (Fsp3) is 0.455. The molecule has 0 unspecified atom stereocenters. The van der Waals surface area contributed by atoms with Gasteiger partial charge < -0.3 is 9.84 Å². The Hall–Kier alpha value is -1.06. The van der Waals surface area contributed by atoms with Gasteiger partial charge in [-0.1, -0.05) is 18.2 Å². The third-order valence-corrected chi connectivity index (χ3v) is 2.20. The molecular formula is C11H17NO2. The van der Waals surface area contributed by atoms with Crippen molar-refractivity contribution in [2.75, 3.05) is 27.4 Å². The third kappa shape index (κ3) is 3.01. The molecule has 0 bridgehead atoms. The van der Waals surface area contributed by atoms with Crippen molar-refractivity contribution in [3.8, 4) is 5.75 Å². The summed E-state index contributed by atoms with van der Waals surface area (Å²) < 4.78 is 5.23. The summed E-state index contributed by atoms with van der Waals surface area (Å²) in [5.74, 6) is 0.916. The molecule has 0 radical (unpaired) electrons. The van der Waals surface area contributed by atoms with Gasteiger partial charge in [0.05, 0.1) is 13.8 Å². The first-order valence-electron chi connectivity index (χ1n) is 4.69. The number of benzene rings is 1. The first-order valence-corrected chi connectivity index (χ1v) is 4.69. The van der Waals surface area contributed by atoms with Crippen molar-refractivity contribution in [1.29, 1.82) is 0 Å². The summed E-state index contributed by atoms with van der Waals surface area (Å²) in [4.78, 5) is 1.85. The van der Waals surface area contributed by atoms with Crippen LogP contribution in [-0.4, -0.2) is 37.4 Å². The van der Waals surface area contributed by atoms with Crippen molar-refractivity contribution in [3.05, 3.63) is 29.8 Å². The lowest BCUT2D eigenvalue weighted by molar-refractivity contribution is 0.134. The number of aliphatic hydroxyl groups excluding tert-OH is 1. The number of rotatable bonds is 5. The Morgan fingerprint density at radius 2 is 2.07 bits per heavy atom. The van der Waals surface area contributed by atoms with E-state index in [1.165, 1.54) is 5.56 Å². The minimum absolute atomic E-state index is 0.0924. The van der Waals surface area contributed by atoms with Crippen LogP contribution >= 0.6 is 0 Å². The van der Waals surface area contributed by atoms with Crippen molar-refractivity contribution in [1.82, 2.24) is 4.90 Å². The first kappa shape index (κ1) is 11.0. The van der Waals surface area contributed by atoms with Crippen LogP contribution in [0.3, 0.4) is 0 Å². The maximum Gasteiger partial charge on any atom is 0.122 e. The van der Waals surface area contributed by atoms with Gasteiger partial charge in [-0.05, 0) is 25.1 Å². The number of methoxy groups -OCH3 is 1. The lowest BCUT2D eigenvalue weighted by atomic mass is 10.1. The predicted octanol–water partition coefficient (Wildman–Crippen LogP) is 1.12. The van der Waals surface area contributed by atoms with Gasteiger partial charge >= 0.3 is 0 Å². The highest BCUT2D eigenvalue weighted by Crippen LogP contribution is 2.17. The van der Waals surface area contributed by atoms with Gasteiger partial charge in [0.1, 0.15) is 5.75 Å². The number of para-hydroxylation sites is 1. The molecule has 0 heterocycles. The molecule has 1 aromatic rings. The Balaban J connectivity index is 2.57. The molecular weight excluding hydrogens is 178 g/mol. The van der Waals surface area contributed by atoms with Crippen LogP contribution in [0, 0.1) is 0 Å². The fourth-order valence-electron chi connectivity index (χ4n) is 1.29. The summed E-state index contributed by atoms with van der Waals surface area (Å²) in [5, 5.41) is 8.83. The number of ether oxygens (including phenoxy) is 1. The van der Waals surface area contributed by atoms with E-state index in [2.05, 4.69) is 0 Å². The molecule has 0 aliphatic carbocycles. The van der Waals surface area contributed by atoms with Crippen LogP contribution in [0.1, 0.15) is 5.56 Å². The van der Waals surface area contributed by atoms with Crippen molar-refractivity contribution < 1.29 is 9.84 Å². The topological polar surface area (TPSA) is 32.7 Å². The fourth-order valence-corrected chi connectivity index (χ4v) is 1.29. The Bertz CT molecular complexity index is 276. The van der Waals surface area contributed by atoms with Crippen molar-refractivity contribution in [2.24, 2.45) is 0 Å². The smallest absolute Gasteiger partial charge is 0.122 e. The van der Waals surface area contributed by atoms with Crippen molar-refractivity contribution >= 4 is 0 Å². The molecule has 14 heavy (non-hydrogen) atoms. The standard InChI is InChI=1S/C11H17NO2/c1-12(9-13)8-7-10-5-3-4-6-11(10)14-2/h3-6,13H,7-9H2,1-2H3. The molecule has 0 aliphatic heterocycles. The average molecular weight is 195 g/mol. The highest BCUT2D eigenvalue weighted by molar-refractivity contribution is 5.33. The molecule has 78 valence electrons. The molecule has 1 N–H and O–H groups in total. The van der Waals surface area contributed by atoms with Crippen LogP contribution < -0.4 is 4.74 Å². The largest absolute Gasteiger partial charge is 0.496 e. The molecule has 0 saturated carbocycles. The first-order chi connectivity index (χ1) is 6.77. The number of hydrogen-bond donors (Lipinski definition) is 1. The molecule has 0 spiro atoms. The van der Waals surface area contributed by atoms with Gasteiger partial charge in [-0.3, -0.25) is 4.90 Å². The number of aliphatic hydroxyl groups is 1. The predicted molar refractivity (Wildman–Crippen MR) is 56.4 cm³/mol. The van der Waals surface area contributed by atoms with Gasteiger partial charge in [-0.15, -0.1) is 0 Å². The summed E-state index contributed by atoms with van der Waals surface area (Å²) in [5.41, 5.74) is 1.18. The normalized spacial score (nSPS) is 10.6. The summed E-state index contributed by atoms with van der Waals surface area (Å²) in [6, 6.07) is 7.95. The SMILES string of the molecule is COc1ccccc1CCN(C)CO. The summed E-state index contributed by atoms with van der Waals surface area (Å²) in [6.07, 6.45) is 0.890. The summed E-state index contributed by atoms with van der Waals surface area (Å²) in [7, 11) is 3.56. The lowest BCUT2D eigenvalue weighted by Gasteiger charge is -2.14. The quantitative estimate of drug-likeness (QED) is 0.715. The molecule has 0 saturated heterocycles. The van der Waals surface area contributed by atoms with E-state index in [0.717, 1.165) is 18.7 Å². The van der Waals surface area contributed by atoms with Crippen molar-refractivity contribution in [3.63, 3.8) is 0 Å². The maximum absolute atomic E-state index is 8.83. The Morgan fingerprint density at radius 1 is 1.36 bits per heavy atom. The van der Waals surface area contributed by atoms with Gasteiger partial charge in [0.2, 0.25) is 0 Å². The van der Waals surface area contributed by atoms with Gasteiger partial charge in [0, 0.05) is 6.54 Å². The van der Waals surface area contributed by atoms with E-state index in [1.807, 2.05) is 36.2 Å². The molecule has 0 amide bonds. The van der Waals surface area contributed by atoms with Crippen LogP contribution in [0.2, 0.25) is 0 Å². The van der Waals surface area contributed by atoms with E-state index < -0.39 is 0 Å². The van der Waals surface area contributed by atoms with Crippen molar-refractivity contribution in [2.45, 2.75) is 6.42 Å². The number of nitrogens with zero attached hydrogens (tertiary/aromatic N) is 1. The molecule has 0 aliphatic rings. The molecule has 3 nitrogen and oxygen atoms in total. The zero-order valence-corrected chi connectivity index (χ0v) is 8.73. The van der Waals surface area contributed by atoms with Crippen LogP contribution in [0.5, 0.6) is 5.75 Å². The number of likely N-dealkylation sites (N-methyl/N-ethyl adjacent to an activating group) is 1. The summed E-state index contributed by atoms with van der Waals surface area (Å²) in [6.45, 7) is 0.923. The minimum Gasteiger partial charge on any atom is -0.496 e. The van der Waals surface area contributed by atoms with Gasteiger partial charge in [-0.2, -0.15) is 0 Å². The molecule has 1 rings (SSSR count). The molecule has 1 aromatic carbocycles. The van der Waals surface area contributed by atoms with E-state index in [4.69, 9.17) is 9.84 Å². The van der Waals surface area contributed by atoms with Gasteiger partial charge in [0.25, 0.3) is 0 Å². The van der Waals surface area contributed by atoms with Crippen LogP contribution in [-0.2, 0) is 6.42 Å². The highest BCUT2D eigenvalue weighted by atomic mass is 16.5. The minimum atomic E-state index is 0.0924. The monoisotopic (exact) mass is 195 g/mol. The zero-order chi connectivity index (χ0) is 10.4. The van der Waals surface area contributed by atoms with Crippen LogP contribution in [0.25, 0.3) is 0 Å². The highest BCUT2D eigenvalue weighted by Gasteiger charge is 2.02. The Kier molecular flexibility index (Phi) is 4.43.